The fraction of sp³-hybridized carbons (Fsp3) is 0.300. The van der Waals surface area contributed by atoms with Crippen LogP contribution in [0.4, 0.5) is 5.69 Å². The maximum Gasteiger partial charge on any atom is 0.233 e. The highest BCUT2D eigenvalue weighted by Gasteiger charge is 2.21. The minimum Gasteiger partial charge on any atom is -0.497 e. The van der Waals surface area contributed by atoms with E-state index in [9.17, 15) is 4.79 Å². The smallest absolute Gasteiger partial charge is 0.233 e. The van der Waals surface area contributed by atoms with Crippen molar-refractivity contribution < 1.29 is 9.53 Å². The highest BCUT2D eigenvalue weighted by molar-refractivity contribution is 7.99. The van der Waals surface area contributed by atoms with E-state index in [1.54, 1.807) is 7.11 Å². The molecule has 1 saturated heterocycles. The second kappa shape index (κ2) is 7.92. The molecule has 0 unspecified atom stereocenters. The summed E-state index contributed by atoms with van der Waals surface area (Å²) in [6.07, 6.45) is 3.81. The van der Waals surface area contributed by atoms with Crippen molar-refractivity contribution in [2.45, 2.75) is 5.16 Å². The Balaban J connectivity index is 1.30. The zero-order valence-corrected chi connectivity index (χ0v) is 16.1. The Morgan fingerprint density at radius 2 is 1.89 bits per heavy atom. The molecule has 0 saturated carbocycles. The van der Waals surface area contributed by atoms with Gasteiger partial charge in [-0.05, 0) is 36.4 Å². The number of pyridine rings is 1. The van der Waals surface area contributed by atoms with Crippen LogP contribution in [0.2, 0.25) is 0 Å². The summed E-state index contributed by atoms with van der Waals surface area (Å²) in [5.74, 6) is 1.44. The molecule has 27 heavy (non-hydrogen) atoms. The first kappa shape index (κ1) is 17.7. The van der Waals surface area contributed by atoms with Gasteiger partial charge in [0.05, 0.1) is 24.6 Å². The molecule has 3 aromatic rings. The van der Waals surface area contributed by atoms with Crippen molar-refractivity contribution in [2.24, 2.45) is 0 Å². The zero-order valence-electron chi connectivity index (χ0n) is 15.2. The molecule has 1 aromatic carbocycles. The minimum atomic E-state index is 0.169. The standard InChI is InChI=1S/C20H22N4O2S/c1-26-18-7-5-16(6-8-18)22-10-12-23(13-11-22)19(25)15-27-20-21-14-17-4-2-3-9-24(17)20/h2-9,14H,10-13,15H2,1H3. The molecule has 0 spiro atoms. The first-order valence-electron chi connectivity index (χ1n) is 8.96. The van der Waals surface area contributed by atoms with E-state index in [0.29, 0.717) is 5.75 Å². The molecule has 0 aliphatic carbocycles. The molecule has 140 valence electrons. The SMILES string of the molecule is COc1ccc(N2CCN(C(=O)CSc3ncc4ccccn34)CC2)cc1. The quantitative estimate of drug-likeness (QED) is 0.635. The number of imidazole rings is 1. The van der Waals surface area contributed by atoms with Crippen LogP contribution in [0, 0.1) is 0 Å². The molecule has 0 bridgehead atoms. The van der Waals surface area contributed by atoms with Crippen LogP contribution in [-0.4, -0.2) is 59.2 Å². The number of rotatable bonds is 5. The van der Waals surface area contributed by atoms with E-state index in [2.05, 4.69) is 22.0 Å². The van der Waals surface area contributed by atoms with E-state index in [1.807, 2.05) is 52.0 Å². The second-order valence-corrected chi connectivity index (χ2v) is 7.33. The van der Waals surface area contributed by atoms with Crippen LogP contribution < -0.4 is 9.64 Å². The number of ether oxygens (including phenoxy) is 1. The molecule has 1 fully saturated rings. The number of piperazine rings is 1. The predicted molar refractivity (Wildman–Crippen MR) is 108 cm³/mol. The lowest BCUT2D eigenvalue weighted by atomic mass is 10.2. The summed E-state index contributed by atoms with van der Waals surface area (Å²) < 4.78 is 7.22. The maximum atomic E-state index is 12.6. The Hall–Kier alpha value is -2.67. The molecule has 0 radical (unpaired) electrons. The monoisotopic (exact) mass is 382 g/mol. The highest BCUT2D eigenvalue weighted by atomic mass is 32.2. The summed E-state index contributed by atoms with van der Waals surface area (Å²) in [6.45, 7) is 3.17. The number of methoxy groups -OCH3 is 1. The van der Waals surface area contributed by atoms with Gasteiger partial charge in [0.2, 0.25) is 5.91 Å². The van der Waals surface area contributed by atoms with E-state index in [4.69, 9.17) is 4.74 Å². The van der Waals surface area contributed by atoms with Crippen LogP contribution in [0.1, 0.15) is 0 Å². The van der Waals surface area contributed by atoms with E-state index >= 15 is 0 Å². The molecule has 4 rings (SSSR count). The molecule has 2 aromatic heterocycles. The number of amides is 1. The lowest BCUT2D eigenvalue weighted by molar-refractivity contribution is -0.128. The average Bonchev–Trinajstić information content (AvgIpc) is 3.15. The Kier molecular flexibility index (Phi) is 5.20. The Bertz CT molecular complexity index is 917. The summed E-state index contributed by atoms with van der Waals surface area (Å²) in [5.41, 5.74) is 2.21. The fourth-order valence-corrected chi connectivity index (χ4v) is 4.12. The number of fused-ring (bicyclic) bond motifs is 1. The first-order valence-corrected chi connectivity index (χ1v) is 9.95. The van der Waals surface area contributed by atoms with Gasteiger partial charge < -0.3 is 14.5 Å². The third-order valence-electron chi connectivity index (χ3n) is 4.80. The molecule has 0 N–H and O–H groups in total. The van der Waals surface area contributed by atoms with Crippen molar-refractivity contribution in [3.8, 4) is 5.75 Å². The van der Waals surface area contributed by atoms with Gasteiger partial charge in [0.25, 0.3) is 0 Å². The summed E-state index contributed by atoms with van der Waals surface area (Å²) in [6, 6.07) is 14.0. The predicted octanol–water partition coefficient (Wildman–Crippen LogP) is 2.78. The van der Waals surface area contributed by atoms with Gasteiger partial charge in [-0.15, -0.1) is 0 Å². The van der Waals surface area contributed by atoms with Crippen molar-refractivity contribution in [3.05, 3.63) is 54.9 Å². The number of anilines is 1. The van der Waals surface area contributed by atoms with Crippen LogP contribution in [-0.2, 0) is 4.79 Å². The van der Waals surface area contributed by atoms with Gasteiger partial charge >= 0.3 is 0 Å². The van der Waals surface area contributed by atoms with Crippen molar-refractivity contribution in [2.75, 3.05) is 43.9 Å². The summed E-state index contributed by atoms with van der Waals surface area (Å²) in [5, 5.41) is 0.857. The van der Waals surface area contributed by atoms with Crippen LogP contribution in [0.15, 0.2) is 60.0 Å². The third-order valence-corrected chi connectivity index (χ3v) is 5.75. The molecule has 7 heteroatoms. The second-order valence-electron chi connectivity index (χ2n) is 6.39. The van der Waals surface area contributed by atoms with Crippen LogP contribution in [0.5, 0.6) is 5.75 Å². The summed E-state index contributed by atoms with van der Waals surface area (Å²) >= 11 is 1.49. The third kappa shape index (κ3) is 3.88. The normalized spacial score (nSPS) is 14.6. The van der Waals surface area contributed by atoms with Crippen LogP contribution >= 0.6 is 11.8 Å². The largest absolute Gasteiger partial charge is 0.497 e. The van der Waals surface area contributed by atoms with Gasteiger partial charge in [-0.2, -0.15) is 0 Å². The summed E-state index contributed by atoms with van der Waals surface area (Å²) in [7, 11) is 1.67. The van der Waals surface area contributed by atoms with Gasteiger partial charge in [0, 0.05) is 38.1 Å². The van der Waals surface area contributed by atoms with E-state index in [-0.39, 0.29) is 5.91 Å². The van der Waals surface area contributed by atoms with Crippen molar-refractivity contribution in [1.29, 1.82) is 0 Å². The number of nitrogens with zero attached hydrogens (tertiary/aromatic N) is 4. The topological polar surface area (TPSA) is 50.1 Å². The lowest BCUT2D eigenvalue weighted by Crippen LogP contribution is -2.49. The summed E-state index contributed by atoms with van der Waals surface area (Å²) in [4.78, 5) is 21.3. The van der Waals surface area contributed by atoms with Crippen LogP contribution in [0.3, 0.4) is 0 Å². The number of carbonyl (C=O) groups excluding carboxylic acids is 1. The fourth-order valence-electron chi connectivity index (χ4n) is 3.25. The highest BCUT2D eigenvalue weighted by Crippen LogP contribution is 2.22. The molecule has 1 aliphatic heterocycles. The maximum absolute atomic E-state index is 12.6. The minimum absolute atomic E-state index is 0.169. The molecule has 3 heterocycles. The Labute approximate surface area is 162 Å². The van der Waals surface area contributed by atoms with Gasteiger partial charge in [-0.25, -0.2) is 4.98 Å². The van der Waals surface area contributed by atoms with Gasteiger partial charge in [0.1, 0.15) is 5.75 Å². The molecule has 6 nitrogen and oxygen atoms in total. The number of hydrogen-bond acceptors (Lipinski definition) is 5. The molecule has 0 atom stereocenters. The van der Waals surface area contributed by atoms with Gasteiger partial charge in [-0.3, -0.25) is 9.20 Å². The van der Waals surface area contributed by atoms with Crippen molar-refractivity contribution in [3.63, 3.8) is 0 Å². The lowest BCUT2D eigenvalue weighted by Gasteiger charge is -2.36. The Morgan fingerprint density at radius 3 is 2.63 bits per heavy atom. The molecular formula is C20H22N4O2S. The van der Waals surface area contributed by atoms with Crippen molar-refractivity contribution >= 4 is 28.9 Å². The number of benzene rings is 1. The number of thioether (sulfide) groups is 1. The van der Waals surface area contributed by atoms with E-state index in [0.717, 1.165) is 42.6 Å². The molecule has 1 aliphatic rings. The zero-order chi connectivity index (χ0) is 18.6. The van der Waals surface area contributed by atoms with Crippen molar-refractivity contribution in [1.82, 2.24) is 14.3 Å². The molecule has 1 amide bonds. The number of hydrogen-bond donors (Lipinski definition) is 0. The molecular weight excluding hydrogens is 360 g/mol. The number of aromatic nitrogens is 2. The van der Waals surface area contributed by atoms with E-state index in [1.165, 1.54) is 17.4 Å². The number of carbonyl (C=O) groups is 1. The average molecular weight is 382 g/mol. The first-order chi connectivity index (χ1) is 13.2. The Morgan fingerprint density at radius 1 is 1.11 bits per heavy atom. The van der Waals surface area contributed by atoms with Crippen LogP contribution in [0.25, 0.3) is 5.52 Å². The van der Waals surface area contributed by atoms with E-state index < -0.39 is 0 Å². The van der Waals surface area contributed by atoms with Gasteiger partial charge in [0.15, 0.2) is 5.16 Å². The van der Waals surface area contributed by atoms with Gasteiger partial charge in [-0.1, -0.05) is 17.8 Å².